The Morgan fingerprint density at radius 2 is 2.05 bits per heavy atom. The summed E-state index contributed by atoms with van der Waals surface area (Å²) in [6, 6.07) is 5.23. The Labute approximate surface area is 120 Å². The van der Waals surface area contributed by atoms with Gasteiger partial charge in [-0.2, -0.15) is 0 Å². The van der Waals surface area contributed by atoms with Crippen LogP contribution in [0.25, 0.3) is 0 Å². The molecule has 1 atom stereocenters. The smallest absolute Gasteiger partial charge is 0.257 e. The van der Waals surface area contributed by atoms with Crippen LogP contribution in [0.4, 0.5) is 5.69 Å². The number of amides is 1. The number of nitrogen functional groups attached to an aromatic ring is 1. The quantitative estimate of drug-likeness (QED) is 0.844. The highest BCUT2D eigenvalue weighted by Crippen LogP contribution is 2.24. The minimum atomic E-state index is -0.111. The molecule has 0 saturated heterocycles. The van der Waals surface area contributed by atoms with Gasteiger partial charge in [-0.3, -0.25) is 4.79 Å². The third kappa shape index (κ3) is 3.85. The first kappa shape index (κ1) is 15.8. The van der Waals surface area contributed by atoms with E-state index in [2.05, 4.69) is 4.90 Å². The van der Waals surface area contributed by atoms with E-state index >= 15 is 0 Å². The first-order valence-corrected chi connectivity index (χ1v) is 6.76. The molecule has 0 spiro atoms. The van der Waals surface area contributed by atoms with Crippen molar-refractivity contribution in [3.8, 4) is 0 Å². The molecule has 1 unspecified atom stereocenters. The second-order valence-corrected chi connectivity index (χ2v) is 5.31. The van der Waals surface area contributed by atoms with Gasteiger partial charge in [0, 0.05) is 24.8 Å². The maximum Gasteiger partial charge on any atom is 0.257 e. The molecule has 0 aliphatic rings. The predicted molar refractivity (Wildman–Crippen MR) is 80.6 cm³/mol. The molecule has 0 fully saturated rings. The Hall–Kier alpha value is -1.26. The molecular formula is C14H22ClN3O. The summed E-state index contributed by atoms with van der Waals surface area (Å²) in [4.78, 5) is 16.4. The van der Waals surface area contributed by atoms with Gasteiger partial charge < -0.3 is 15.5 Å². The number of benzene rings is 1. The molecule has 0 heterocycles. The summed E-state index contributed by atoms with van der Waals surface area (Å²) in [7, 11) is 3.97. The van der Waals surface area contributed by atoms with Crippen LogP contribution in [-0.2, 0) is 0 Å². The molecule has 0 saturated carbocycles. The average Bonchev–Trinajstić information content (AvgIpc) is 2.28. The SMILES string of the molecule is CCN(C(=O)c1c(N)cccc1Cl)C(C)CN(C)C. The fourth-order valence-electron chi connectivity index (χ4n) is 2.19. The van der Waals surface area contributed by atoms with Crippen LogP contribution >= 0.6 is 11.6 Å². The van der Waals surface area contributed by atoms with Gasteiger partial charge in [0.05, 0.1) is 10.6 Å². The fraction of sp³-hybridized carbons (Fsp3) is 0.500. The zero-order chi connectivity index (χ0) is 14.6. The van der Waals surface area contributed by atoms with Gasteiger partial charge in [0.2, 0.25) is 0 Å². The molecule has 1 rings (SSSR count). The van der Waals surface area contributed by atoms with E-state index in [9.17, 15) is 4.79 Å². The van der Waals surface area contributed by atoms with Crippen molar-refractivity contribution in [1.29, 1.82) is 0 Å². The highest BCUT2D eigenvalue weighted by molar-refractivity contribution is 6.34. The zero-order valence-electron chi connectivity index (χ0n) is 12.0. The molecule has 4 nitrogen and oxygen atoms in total. The lowest BCUT2D eigenvalue weighted by Gasteiger charge is -2.30. The van der Waals surface area contributed by atoms with Crippen LogP contribution in [0.15, 0.2) is 18.2 Å². The molecule has 0 aliphatic carbocycles. The summed E-state index contributed by atoms with van der Waals surface area (Å²) in [5.41, 5.74) is 6.70. The molecule has 0 bridgehead atoms. The zero-order valence-corrected chi connectivity index (χ0v) is 12.7. The van der Waals surface area contributed by atoms with Gasteiger partial charge in [0.25, 0.3) is 5.91 Å². The number of hydrogen-bond donors (Lipinski definition) is 1. The molecule has 19 heavy (non-hydrogen) atoms. The molecular weight excluding hydrogens is 262 g/mol. The van der Waals surface area contributed by atoms with Gasteiger partial charge in [-0.25, -0.2) is 0 Å². The number of rotatable bonds is 5. The van der Waals surface area contributed by atoms with E-state index in [0.717, 1.165) is 6.54 Å². The van der Waals surface area contributed by atoms with Gasteiger partial charge >= 0.3 is 0 Å². The highest BCUT2D eigenvalue weighted by Gasteiger charge is 2.23. The molecule has 106 valence electrons. The molecule has 0 aliphatic heterocycles. The second kappa shape index (κ2) is 6.78. The van der Waals surface area contributed by atoms with Crippen molar-refractivity contribution in [2.24, 2.45) is 0 Å². The van der Waals surface area contributed by atoms with E-state index in [1.165, 1.54) is 0 Å². The van der Waals surface area contributed by atoms with E-state index in [1.54, 1.807) is 23.1 Å². The van der Waals surface area contributed by atoms with Crippen molar-refractivity contribution in [3.05, 3.63) is 28.8 Å². The summed E-state index contributed by atoms with van der Waals surface area (Å²) in [5, 5.41) is 0.403. The predicted octanol–water partition coefficient (Wildman–Crippen LogP) is 2.33. The standard InChI is InChI=1S/C14H22ClN3O/c1-5-18(10(2)9-17(3)4)14(19)13-11(15)7-6-8-12(13)16/h6-8,10H,5,9,16H2,1-4H3. The molecule has 1 aromatic carbocycles. The highest BCUT2D eigenvalue weighted by atomic mass is 35.5. The third-order valence-corrected chi connectivity index (χ3v) is 3.34. The summed E-state index contributed by atoms with van der Waals surface area (Å²) in [6.07, 6.45) is 0. The summed E-state index contributed by atoms with van der Waals surface area (Å²) in [5.74, 6) is -0.111. The Bertz CT molecular complexity index is 428. The van der Waals surface area contributed by atoms with Gasteiger partial charge in [0.15, 0.2) is 0 Å². The number of carbonyl (C=O) groups excluding carboxylic acids is 1. The van der Waals surface area contributed by atoms with Crippen molar-refractivity contribution < 1.29 is 4.79 Å². The van der Waals surface area contributed by atoms with E-state index in [1.807, 2.05) is 27.9 Å². The topological polar surface area (TPSA) is 49.6 Å². The lowest BCUT2D eigenvalue weighted by Crippen LogP contribution is -2.44. The number of hydrogen-bond acceptors (Lipinski definition) is 3. The molecule has 1 amide bonds. The number of halogens is 1. The number of anilines is 1. The van der Waals surface area contributed by atoms with Crippen molar-refractivity contribution in [1.82, 2.24) is 9.80 Å². The maximum absolute atomic E-state index is 12.6. The van der Waals surface area contributed by atoms with Crippen molar-refractivity contribution in [3.63, 3.8) is 0 Å². The number of nitrogens with two attached hydrogens (primary N) is 1. The lowest BCUT2D eigenvalue weighted by atomic mass is 10.1. The Balaban J connectivity index is 3.02. The largest absolute Gasteiger partial charge is 0.398 e. The van der Waals surface area contributed by atoms with Crippen LogP contribution in [0.2, 0.25) is 5.02 Å². The van der Waals surface area contributed by atoms with Crippen LogP contribution in [0.1, 0.15) is 24.2 Å². The summed E-state index contributed by atoms with van der Waals surface area (Å²) >= 11 is 6.10. The van der Waals surface area contributed by atoms with Crippen molar-refractivity contribution in [2.75, 3.05) is 32.9 Å². The Morgan fingerprint density at radius 1 is 1.42 bits per heavy atom. The normalized spacial score (nSPS) is 12.5. The van der Waals surface area contributed by atoms with E-state index < -0.39 is 0 Å². The minimum Gasteiger partial charge on any atom is -0.398 e. The summed E-state index contributed by atoms with van der Waals surface area (Å²) in [6.45, 7) is 5.40. The second-order valence-electron chi connectivity index (χ2n) is 4.91. The van der Waals surface area contributed by atoms with Crippen LogP contribution in [0.3, 0.4) is 0 Å². The minimum absolute atomic E-state index is 0.100. The van der Waals surface area contributed by atoms with Crippen molar-refractivity contribution >= 4 is 23.2 Å². The van der Waals surface area contributed by atoms with Gasteiger partial charge in [-0.05, 0) is 40.1 Å². The molecule has 0 radical (unpaired) electrons. The van der Waals surface area contributed by atoms with Crippen LogP contribution < -0.4 is 5.73 Å². The third-order valence-electron chi connectivity index (χ3n) is 3.02. The first-order valence-electron chi connectivity index (χ1n) is 6.38. The van der Waals surface area contributed by atoms with Crippen LogP contribution in [0.5, 0.6) is 0 Å². The number of likely N-dealkylation sites (N-methyl/N-ethyl adjacent to an activating group) is 2. The lowest BCUT2D eigenvalue weighted by molar-refractivity contribution is 0.0680. The monoisotopic (exact) mass is 283 g/mol. The van der Waals surface area contributed by atoms with Gasteiger partial charge in [0.1, 0.15) is 0 Å². The maximum atomic E-state index is 12.6. The number of carbonyl (C=O) groups is 1. The fourth-order valence-corrected chi connectivity index (χ4v) is 2.46. The van der Waals surface area contributed by atoms with E-state index in [-0.39, 0.29) is 11.9 Å². The molecule has 0 aromatic heterocycles. The van der Waals surface area contributed by atoms with E-state index in [4.69, 9.17) is 17.3 Å². The summed E-state index contributed by atoms with van der Waals surface area (Å²) < 4.78 is 0. The molecule has 5 heteroatoms. The van der Waals surface area contributed by atoms with Crippen LogP contribution in [0, 0.1) is 0 Å². The Kier molecular flexibility index (Phi) is 5.63. The van der Waals surface area contributed by atoms with E-state index in [0.29, 0.717) is 22.8 Å². The Morgan fingerprint density at radius 3 is 2.53 bits per heavy atom. The van der Waals surface area contributed by atoms with Crippen LogP contribution in [-0.4, -0.2) is 48.9 Å². The molecule has 1 aromatic rings. The van der Waals surface area contributed by atoms with Crippen molar-refractivity contribution in [2.45, 2.75) is 19.9 Å². The molecule has 2 N–H and O–H groups in total. The van der Waals surface area contributed by atoms with Gasteiger partial charge in [-0.1, -0.05) is 17.7 Å². The number of nitrogens with zero attached hydrogens (tertiary/aromatic N) is 2. The van der Waals surface area contributed by atoms with Gasteiger partial charge in [-0.15, -0.1) is 0 Å². The average molecular weight is 284 g/mol. The first-order chi connectivity index (χ1) is 8.88.